The molecule has 24 heavy (non-hydrogen) atoms. The van der Waals surface area contributed by atoms with E-state index < -0.39 is 0 Å². The van der Waals surface area contributed by atoms with Gasteiger partial charge in [0.1, 0.15) is 0 Å². The van der Waals surface area contributed by atoms with Crippen molar-refractivity contribution >= 4 is 22.4 Å². The lowest BCUT2D eigenvalue weighted by atomic mass is 10.0. The summed E-state index contributed by atoms with van der Waals surface area (Å²) in [4.78, 5) is 18.2. The largest absolute Gasteiger partial charge is 0.296 e. The number of carbonyl (C=O) groups is 1. The molecule has 0 saturated carbocycles. The number of aromatic nitrogens is 4. The number of carbonyl (C=O) groups excluding carboxylic acids is 1. The van der Waals surface area contributed by atoms with Crippen LogP contribution in [0.4, 0.5) is 5.13 Å². The SMILES string of the molecule is O=C(Nc1nc2c(s1)CCCC2)c1cn(Cc2ccccc2)nn1. The summed E-state index contributed by atoms with van der Waals surface area (Å²) in [5.74, 6) is -0.264. The van der Waals surface area contributed by atoms with E-state index in [0.717, 1.165) is 24.1 Å². The molecule has 122 valence electrons. The van der Waals surface area contributed by atoms with E-state index in [-0.39, 0.29) is 5.91 Å². The van der Waals surface area contributed by atoms with Crippen LogP contribution in [0.5, 0.6) is 0 Å². The van der Waals surface area contributed by atoms with Crippen LogP contribution in [-0.2, 0) is 19.4 Å². The van der Waals surface area contributed by atoms with Gasteiger partial charge >= 0.3 is 0 Å². The Hall–Kier alpha value is -2.54. The Morgan fingerprint density at radius 1 is 1.21 bits per heavy atom. The number of nitrogens with one attached hydrogen (secondary N) is 1. The maximum atomic E-state index is 12.3. The van der Waals surface area contributed by atoms with Gasteiger partial charge in [-0.15, -0.1) is 16.4 Å². The van der Waals surface area contributed by atoms with Gasteiger partial charge in [-0.25, -0.2) is 9.67 Å². The standard InChI is InChI=1S/C17H17N5OS/c23-16(19-17-18-13-8-4-5-9-15(13)24-17)14-11-22(21-20-14)10-12-6-2-1-3-7-12/h1-3,6-7,11H,4-5,8-10H2,(H,18,19,23). The zero-order valence-corrected chi connectivity index (χ0v) is 13.9. The van der Waals surface area contributed by atoms with Crippen molar-refractivity contribution in [3.63, 3.8) is 0 Å². The average molecular weight is 339 g/mol. The van der Waals surface area contributed by atoms with Gasteiger partial charge in [0.15, 0.2) is 10.8 Å². The fourth-order valence-corrected chi connectivity index (χ4v) is 3.86. The van der Waals surface area contributed by atoms with Gasteiger partial charge < -0.3 is 0 Å². The van der Waals surface area contributed by atoms with Gasteiger partial charge in [-0.1, -0.05) is 35.5 Å². The number of hydrogen-bond acceptors (Lipinski definition) is 5. The van der Waals surface area contributed by atoms with Crippen molar-refractivity contribution in [1.82, 2.24) is 20.0 Å². The first-order valence-electron chi connectivity index (χ1n) is 8.02. The van der Waals surface area contributed by atoms with Crippen LogP contribution in [0.1, 0.15) is 39.5 Å². The van der Waals surface area contributed by atoms with Gasteiger partial charge in [0.25, 0.3) is 5.91 Å². The maximum Gasteiger partial charge on any atom is 0.279 e. The molecule has 0 unspecified atom stereocenters. The third kappa shape index (κ3) is 3.21. The molecule has 7 heteroatoms. The van der Waals surface area contributed by atoms with Gasteiger partial charge in [0.05, 0.1) is 18.4 Å². The van der Waals surface area contributed by atoms with E-state index >= 15 is 0 Å². The van der Waals surface area contributed by atoms with Crippen LogP contribution < -0.4 is 5.32 Å². The molecule has 0 saturated heterocycles. The topological polar surface area (TPSA) is 72.7 Å². The molecule has 0 bridgehead atoms. The summed E-state index contributed by atoms with van der Waals surface area (Å²) in [5.41, 5.74) is 2.55. The van der Waals surface area contributed by atoms with Crippen molar-refractivity contribution < 1.29 is 4.79 Å². The Labute approximate surface area is 143 Å². The average Bonchev–Trinajstić information content (AvgIpc) is 3.22. The molecular weight excluding hydrogens is 322 g/mol. The van der Waals surface area contributed by atoms with Crippen molar-refractivity contribution in [2.75, 3.05) is 5.32 Å². The molecule has 3 aromatic rings. The quantitative estimate of drug-likeness (QED) is 0.793. The molecule has 2 heterocycles. The highest BCUT2D eigenvalue weighted by atomic mass is 32.1. The van der Waals surface area contributed by atoms with Crippen molar-refractivity contribution in [2.45, 2.75) is 32.2 Å². The van der Waals surface area contributed by atoms with E-state index in [1.165, 1.54) is 17.7 Å². The summed E-state index contributed by atoms with van der Waals surface area (Å²) in [6, 6.07) is 9.95. The molecule has 1 aromatic carbocycles. The second-order valence-electron chi connectivity index (χ2n) is 5.84. The maximum absolute atomic E-state index is 12.3. The Balaban J connectivity index is 1.44. The normalized spacial score (nSPS) is 13.5. The van der Waals surface area contributed by atoms with Gasteiger partial charge in [-0.2, -0.15) is 0 Å². The van der Waals surface area contributed by atoms with Crippen LogP contribution in [0.25, 0.3) is 0 Å². The van der Waals surface area contributed by atoms with E-state index in [1.807, 2.05) is 30.3 Å². The molecule has 1 aliphatic rings. The van der Waals surface area contributed by atoms with Crippen LogP contribution in [0.15, 0.2) is 36.5 Å². The molecule has 0 radical (unpaired) electrons. The smallest absolute Gasteiger partial charge is 0.279 e. The number of fused-ring (bicyclic) bond motifs is 1. The zero-order valence-electron chi connectivity index (χ0n) is 13.1. The fourth-order valence-electron chi connectivity index (χ4n) is 2.82. The van der Waals surface area contributed by atoms with Gasteiger partial charge in [0, 0.05) is 4.88 Å². The summed E-state index contributed by atoms with van der Waals surface area (Å²) < 4.78 is 1.66. The molecule has 0 atom stereocenters. The third-order valence-corrected chi connectivity index (χ3v) is 5.10. The highest BCUT2D eigenvalue weighted by Gasteiger charge is 2.18. The minimum Gasteiger partial charge on any atom is -0.296 e. The van der Waals surface area contributed by atoms with Crippen molar-refractivity contribution in [1.29, 1.82) is 0 Å². The lowest BCUT2D eigenvalue weighted by molar-refractivity contribution is 0.102. The number of rotatable bonds is 4. The number of anilines is 1. The Kier molecular flexibility index (Phi) is 4.08. The number of hydrogen-bond donors (Lipinski definition) is 1. The Morgan fingerprint density at radius 2 is 2.04 bits per heavy atom. The second kappa shape index (κ2) is 6.52. The van der Waals surface area contributed by atoms with Crippen LogP contribution in [-0.4, -0.2) is 25.9 Å². The van der Waals surface area contributed by atoms with Crippen molar-refractivity contribution in [2.24, 2.45) is 0 Å². The first-order chi connectivity index (χ1) is 11.8. The number of aryl methyl sites for hydroxylation is 2. The van der Waals surface area contributed by atoms with Crippen molar-refractivity contribution in [3.05, 3.63) is 58.4 Å². The molecule has 6 nitrogen and oxygen atoms in total. The van der Waals surface area contributed by atoms with Gasteiger partial charge in [0.2, 0.25) is 0 Å². The van der Waals surface area contributed by atoms with Crippen LogP contribution in [0.2, 0.25) is 0 Å². The van der Waals surface area contributed by atoms with E-state index in [1.54, 1.807) is 22.2 Å². The highest BCUT2D eigenvalue weighted by Crippen LogP contribution is 2.29. The third-order valence-electron chi connectivity index (χ3n) is 4.02. The van der Waals surface area contributed by atoms with E-state index in [4.69, 9.17) is 0 Å². The molecule has 1 aliphatic carbocycles. The molecule has 0 fully saturated rings. The summed E-state index contributed by atoms with van der Waals surface area (Å²) in [7, 11) is 0. The number of benzene rings is 1. The molecule has 0 aliphatic heterocycles. The van der Waals surface area contributed by atoms with E-state index in [0.29, 0.717) is 17.4 Å². The van der Waals surface area contributed by atoms with Crippen LogP contribution in [0.3, 0.4) is 0 Å². The van der Waals surface area contributed by atoms with E-state index in [2.05, 4.69) is 20.6 Å². The number of nitrogens with zero attached hydrogens (tertiary/aromatic N) is 4. The fraction of sp³-hybridized carbons (Fsp3) is 0.294. The highest BCUT2D eigenvalue weighted by molar-refractivity contribution is 7.15. The summed E-state index contributed by atoms with van der Waals surface area (Å²) in [6.07, 6.45) is 6.12. The molecular formula is C17H17N5OS. The second-order valence-corrected chi connectivity index (χ2v) is 6.92. The Morgan fingerprint density at radius 3 is 2.88 bits per heavy atom. The van der Waals surface area contributed by atoms with Crippen LogP contribution >= 0.6 is 11.3 Å². The van der Waals surface area contributed by atoms with Crippen molar-refractivity contribution in [3.8, 4) is 0 Å². The number of amides is 1. The molecule has 2 aromatic heterocycles. The van der Waals surface area contributed by atoms with E-state index in [9.17, 15) is 4.79 Å². The molecule has 1 amide bonds. The molecule has 0 spiro atoms. The predicted molar refractivity (Wildman–Crippen MR) is 92.3 cm³/mol. The van der Waals surface area contributed by atoms with Crippen LogP contribution in [0, 0.1) is 0 Å². The lowest BCUT2D eigenvalue weighted by Gasteiger charge is -2.06. The first-order valence-corrected chi connectivity index (χ1v) is 8.83. The first kappa shape index (κ1) is 15.0. The number of thiazole rings is 1. The minimum absolute atomic E-state index is 0.264. The molecule has 1 N–H and O–H groups in total. The predicted octanol–water partition coefficient (Wildman–Crippen LogP) is 2.91. The summed E-state index contributed by atoms with van der Waals surface area (Å²) in [6.45, 7) is 0.590. The lowest BCUT2D eigenvalue weighted by Crippen LogP contribution is -2.12. The van der Waals surface area contributed by atoms with Gasteiger partial charge in [-0.05, 0) is 31.2 Å². The molecule has 4 rings (SSSR count). The summed E-state index contributed by atoms with van der Waals surface area (Å²) >= 11 is 1.57. The Bertz CT molecular complexity index is 832. The zero-order chi connectivity index (χ0) is 16.4. The minimum atomic E-state index is -0.264. The monoisotopic (exact) mass is 339 g/mol. The summed E-state index contributed by atoms with van der Waals surface area (Å²) in [5, 5.41) is 11.5. The van der Waals surface area contributed by atoms with Gasteiger partial charge in [-0.3, -0.25) is 10.1 Å².